The van der Waals surface area contributed by atoms with Crippen molar-refractivity contribution in [2.75, 3.05) is 27.3 Å². The van der Waals surface area contributed by atoms with E-state index in [0.29, 0.717) is 16.6 Å². The Morgan fingerprint density at radius 1 is 0.737 bits per heavy atom. The second-order valence-electron chi connectivity index (χ2n) is 12.7. The molecule has 0 aromatic carbocycles. The fraction of sp³-hybridized carbons (Fsp3) is 0.667. The Balaban J connectivity index is 0.000000210. The minimum atomic E-state index is -4.75. The smallest absolute Gasteiger partial charge is 0.390 e. The van der Waals surface area contributed by atoms with Crippen LogP contribution in [0.15, 0.2) is 0 Å². The number of hydrogen-bond donors (Lipinski definition) is 2. The van der Waals surface area contributed by atoms with E-state index < -0.39 is 73.9 Å². The highest BCUT2D eigenvalue weighted by Crippen LogP contribution is 2.36. The van der Waals surface area contributed by atoms with E-state index in [9.17, 15) is 62.3 Å². The number of carbonyl (C=O) groups is 2. The zero-order valence-electron chi connectivity index (χ0n) is 29.7. The number of hydrogen-bond acceptors (Lipinski definition) is 11. The molecule has 320 valence electrons. The third-order valence-electron chi connectivity index (χ3n) is 8.27. The minimum absolute atomic E-state index is 0.00893. The summed E-state index contributed by atoms with van der Waals surface area (Å²) in [5.41, 5.74) is -2.92. The standard InChI is InChI=1S/C15H16F6N4O2S.C8H8F3N3O2S.C7H10F3NO/c1-27-7-10-23-25-9(12(15(19,20)21)22-13(25)28-10)6-24-5-8(4-11(24)26)2-3-14(16,17)18;1-16-3-5-13-14-4(2-15)6(8(9,10)11)12-7(14)17-5;8-7(9,10)2-1-5-3-6(12)11-4-5/h8H,2-7H2,1H3;15H,2-3H2,1H3;5H,1-4H2,(H,11,12). The molecule has 2 saturated heterocycles. The zero-order chi connectivity index (χ0) is 42.5. The van der Waals surface area contributed by atoms with Gasteiger partial charge in [-0.1, -0.05) is 22.7 Å². The maximum Gasteiger partial charge on any atom is 0.435 e. The molecule has 0 aliphatic carbocycles. The molecule has 2 aliphatic heterocycles. The first-order chi connectivity index (χ1) is 26.4. The van der Waals surface area contributed by atoms with Crippen molar-refractivity contribution >= 4 is 44.4 Å². The van der Waals surface area contributed by atoms with E-state index in [1.807, 2.05) is 0 Å². The Labute approximate surface area is 321 Å². The Kier molecular flexibility index (Phi) is 14.8. The molecule has 13 nitrogen and oxygen atoms in total. The lowest BCUT2D eigenvalue weighted by Gasteiger charge is -2.17. The monoisotopic (exact) mass is 878 g/mol. The maximum absolute atomic E-state index is 13.4. The third-order valence-corrected chi connectivity index (χ3v) is 10.0. The Morgan fingerprint density at radius 2 is 1.21 bits per heavy atom. The Hall–Kier alpha value is -3.82. The Morgan fingerprint density at radius 3 is 1.63 bits per heavy atom. The van der Waals surface area contributed by atoms with Crippen molar-refractivity contribution in [3.63, 3.8) is 0 Å². The number of aliphatic hydroxyl groups is 1. The van der Waals surface area contributed by atoms with E-state index >= 15 is 0 Å². The van der Waals surface area contributed by atoms with Crippen LogP contribution in [-0.2, 0) is 57.8 Å². The van der Waals surface area contributed by atoms with Crippen LogP contribution in [0, 0.1) is 11.8 Å². The second kappa shape index (κ2) is 18.4. The molecule has 57 heavy (non-hydrogen) atoms. The number of halogens is 12. The molecule has 2 unspecified atom stereocenters. The van der Waals surface area contributed by atoms with Crippen molar-refractivity contribution in [1.29, 1.82) is 0 Å². The molecule has 0 spiro atoms. The molecule has 27 heteroatoms. The maximum atomic E-state index is 13.4. The molecule has 0 saturated carbocycles. The van der Waals surface area contributed by atoms with Crippen LogP contribution in [0.1, 0.15) is 71.3 Å². The van der Waals surface area contributed by atoms with Gasteiger partial charge in [-0.2, -0.15) is 62.9 Å². The Bertz CT molecular complexity index is 1970. The van der Waals surface area contributed by atoms with Crippen LogP contribution in [0.4, 0.5) is 52.7 Å². The van der Waals surface area contributed by atoms with Crippen LogP contribution in [0.25, 0.3) is 9.92 Å². The number of nitrogens with one attached hydrogen (secondary N) is 1. The first-order valence-corrected chi connectivity index (χ1v) is 18.2. The number of alkyl halides is 12. The molecule has 4 aromatic heterocycles. The number of rotatable bonds is 11. The summed E-state index contributed by atoms with van der Waals surface area (Å²) >= 11 is 1.92. The predicted octanol–water partition coefficient (Wildman–Crippen LogP) is 6.56. The van der Waals surface area contributed by atoms with Gasteiger partial charge >= 0.3 is 24.7 Å². The van der Waals surface area contributed by atoms with Crippen molar-refractivity contribution in [1.82, 2.24) is 39.4 Å². The molecular weight excluding hydrogens is 844 g/mol. The molecule has 2 fully saturated rings. The van der Waals surface area contributed by atoms with Crippen molar-refractivity contribution < 1.29 is 76.9 Å². The second-order valence-corrected chi connectivity index (χ2v) is 14.8. The van der Waals surface area contributed by atoms with Gasteiger partial charge < -0.3 is 24.8 Å². The van der Waals surface area contributed by atoms with Gasteiger partial charge in [-0.05, 0) is 24.7 Å². The van der Waals surface area contributed by atoms with E-state index in [1.165, 1.54) is 14.2 Å². The highest BCUT2D eigenvalue weighted by molar-refractivity contribution is 7.17. The summed E-state index contributed by atoms with van der Waals surface area (Å²) < 4.78 is 162. The summed E-state index contributed by atoms with van der Waals surface area (Å²) in [6.07, 6.45) is -19.6. The molecule has 2 atom stereocenters. The molecule has 2 N–H and O–H groups in total. The van der Waals surface area contributed by atoms with Crippen LogP contribution >= 0.6 is 22.7 Å². The van der Waals surface area contributed by atoms with E-state index in [0.717, 1.165) is 36.6 Å². The first-order valence-electron chi connectivity index (χ1n) is 16.6. The van der Waals surface area contributed by atoms with E-state index in [2.05, 4.69) is 25.5 Å². The summed E-state index contributed by atoms with van der Waals surface area (Å²) in [5, 5.41) is 20.3. The number of aliphatic hydroxyl groups excluding tert-OH is 1. The molecule has 0 bridgehead atoms. The number of ether oxygens (including phenoxy) is 2. The van der Waals surface area contributed by atoms with Crippen LogP contribution in [-0.4, -0.2) is 90.7 Å². The van der Waals surface area contributed by atoms with Gasteiger partial charge in [0.15, 0.2) is 11.4 Å². The zero-order valence-corrected chi connectivity index (χ0v) is 31.3. The van der Waals surface area contributed by atoms with Gasteiger partial charge in [-0.25, -0.2) is 19.0 Å². The van der Waals surface area contributed by atoms with Gasteiger partial charge in [0.25, 0.3) is 0 Å². The summed E-state index contributed by atoms with van der Waals surface area (Å²) in [5.74, 6) is -1.30. The first kappa shape index (κ1) is 45.9. The number of nitrogens with zero attached hydrogens (tertiary/aromatic N) is 7. The molecule has 2 aliphatic rings. The van der Waals surface area contributed by atoms with Gasteiger partial charge in [0, 0.05) is 53.0 Å². The van der Waals surface area contributed by atoms with Crippen molar-refractivity contribution in [3.05, 3.63) is 32.8 Å². The minimum Gasteiger partial charge on any atom is -0.390 e. The molecule has 0 radical (unpaired) electrons. The third kappa shape index (κ3) is 12.8. The number of amides is 2. The number of likely N-dealkylation sites (tertiary alicyclic amines) is 1. The number of aromatic nitrogens is 6. The highest BCUT2D eigenvalue weighted by atomic mass is 32.1. The van der Waals surface area contributed by atoms with E-state index in [4.69, 9.17) is 14.6 Å². The molecular formula is C30H34F12N8O5S2. The van der Waals surface area contributed by atoms with Gasteiger partial charge in [-0.15, -0.1) is 0 Å². The van der Waals surface area contributed by atoms with E-state index in [1.54, 1.807) is 0 Å². The summed E-state index contributed by atoms with van der Waals surface area (Å²) in [4.78, 5) is 31.0. The topological polar surface area (TPSA) is 148 Å². The summed E-state index contributed by atoms with van der Waals surface area (Å²) in [7, 11) is 2.87. The number of methoxy groups -OCH3 is 2. The molecule has 2 amide bonds. The lowest BCUT2D eigenvalue weighted by Crippen LogP contribution is -2.27. The van der Waals surface area contributed by atoms with Crippen LogP contribution < -0.4 is 5.32 Å². The SMILES string of the molecule is COCc1nn2c(CN3CC(CCC(F)(F)F)CC3=O)c(C(F)(F)F)nc2s1.COCc1nn2c(CO)c(C(F)(F)F)nc2s1.O=C1CC(CCC(F)(F)F)CN1. The predicted molar refractivity (Wildman–Crippen MR) is 174 cm³/mol. The average molecular weight is 879 g/mol. The fourth-order valence-corrected chi connectivity index (χ4v) is 7.52. The van der Waals surface area contributed by atoms with Crippen LogP contribution in [0.2, 0.25) is 0 Å². The number of fused-ring (bicyclic) bond motifs is 2. The van der Waals surface area contributed by atoms with Crippen molar-refractivity contribution in [2.24, 2.45) is 11.8 Å². The molecule has 4 aromatic rings. The van der Waals surface area contributed by atoms with Crippen LogP contribution in [0.3, 0.4) is 0 Å². The average Bonchev–Trinajstić information content (AvgIpc) is 3.92. The lowest BCUT2D eigenvalue weighted by atomic mass is 10.0. The molecule has 6 rings (SSSR count). The highest BCUT2D eigenvalue weighted by Gasteiger charge is 2.42. The normalized spacial score (nSPS) is 18.0. The largest absolute Gasteiger partial charge is 0.435 e. The summed E-state index contributed by atoms with van der Waals surface area (Å²) in [6, 6.07) is 0. The van der Waals surface area contributed by atoms with Gasteiger partial charge in [0.2, 0.25) is 21.7 Å². The van der Waals surface area contributed by atoms with Gasteiger partial charge in [0.05, 0.1) is 32.1 Å². The number of imidazole rings is 2. The fourth-order valence-electron chi connectivity index (χ4n) is 5.75. The van der Waals surface area contributed by atoms with Gasteiger partial charge in [-0.3, -0.25) is 9.59 Å². The van der Waals surface area contributed by atoms with Crippen LogP contribution in [0.5, 0.6) is 0 Å². The lowest BCUT2D eigenvalue weighted by molar-refractivity contribution is -0.142. The van der Waals surface area contributed by atoms with Crippen molar-refractivity contribution in [3.8, 4) is 0 Å². The number of carbonyl (C=O) groups excluding carboxylic acids is 2. The summed E-state index contributed by atoms with van der Waals surface area (Å²) in [6.45, 7) is -0.541. The van der Waals surface area contributed by atoms with Crippen molar-refractivity contribution in [2.45, 2.75) is 89.6 Å². The molecule has 6 heterocycles. The quantitative estimate of drug-likeness (QED) is 0.160. The van der Waals surface area contributed by atoms with E-state index in [-0.39, 0.29) is 78.6 Å². The van der Waals surface area contributed by atoms with Gasteiger partial charge in [0.1, 0.15) is 15.7 Å².